The minimum Gasteiger partial charge on any atom is -0.497 e. The minimum absolute atomic E-state index is 0.00465. The molecule has 3 N–H and O–H groups in total. The van der Waals surface area contributed by atoms with Crippen molar-refractivity contribution >= 4 is 42.3 Å². The molecule has 1 unspecified atom stereocenters. The largest absolute Gasteiger partial charge is 0.497 e. The second-order valence-electron chi connectivity index (χ2n) is 19.4. The number of hydrogen-bond donors (Lipinski definition) is 3. The number of carbonyl (C=O) groups is 1. The first-order chi connectivity index (χ1) is 37.4. The van der Waals surface area contributed by atoms with Crippen molar-refractivity contribution < 1.29 is 37.5 Å². The van der Waals surface area contributed by atoms with Crippen LogP contribution in [-0.2, 0) is 28.9 Å². The van der Waals surface area contributed by atoms with E-state index in [4.69, 9.17) is 32.7 Å². The van der Waals surface area contributed by atoms with Crippen LogP contribution >= 0.6 is 8.53 Å². The van der Waals surface area contributed by atoms with Crippen LogP contribution in [0.5, 0.6) is 17.2 Å². The number of hydrogen-bond acceptors (Lipinski definition) is 12. The van der Waals surface area contributed by atoms with Gasteiger partial charge in [0.1, 0.15) is 35.2 Å². The van der Waals surface area contributed by atoms with Gasteiger partial charge < -0.3 is 43.0 Å². The number of unbranched alkanes of at least 4 members (excludes halogenated alkanes) is 3. The van der Waals surface area contributed by atoms with Gasteiger partial charge in [-0.25, -0.2) is 9.46 Å². The van der Waals surface area contributed by atoms with Crippen LogP contribution in [-0.4, -0.2) is 90.0 Å². The molecule has 2 aromatic heterocycles. The average molecular weight is 1070 g/mol. The third-order valence-electron chi connectivity index (χ3n) is 13.5. The van der Waals surface area contributed by atoms with Crippen LogP contribution in [0.4, 0.5) is 0 Å². The van der Waals surface area contributed by atoms with Gasteiger partial charge in [-0.2, -0.15) is 5.26 Å². The Balaban J connectivity index is 0.998. The van der Waals surface area contributed by atoms with Crippen LogP contribution < -0.4 is 30.8 Å². The molecule has 0 spiro atoms. The average Bonchev–Trinajstić information content (AvgIpc) is 4.03. The molecule has 7 aromatic rings. The number of methoxy groups -OCH3 is 2. The third kappa shape index (κ3) is 13.7. The Hall–Kier alpha value is -7.09. The van der Waals surface area contributed by atoms with E-state index in [1.165, 1.54) is 33.6 Å². The second-order valence-corrected chi connectivity index (χ2v) is 20.8. The normalized spacial score (nSPS) is 16.2. The molecule has 0 bridgehead atoms. The van der Waals surface area contributed by atoms with Crippen molar-refractivity contribution in [2.75, 3.05) is 40.6 Å². The Morgan fingerprint density at radius 1 is 0.792 bits per heavy atom. The number of ether oxygens (including phenoxy) is 5. The second kappa shape index (κ2) is 26.8. The molecule has 0 saturated carbocycles. The SMILES string of the molecule is COc1ccc(C(OC[C@H]2O[C@@H](n3c(/C=C/C(=O)NCCCCCCOc4ccc5c(c4)[nH]c4ccccc45)cc(=O)[nH]c3=O)C[C@@H]2OP(OCCC#N)N(C(C)C)C(C)C)(c2ccccc2)c2ccc(OC)cc2)cc1. The highest BCUT2D eigenvalue weighted by Crippen LogP contribution is 2.51. The van der Waals surface area contributed by atoms with Crippen molar-refractivity contribution in [3.8, 4) is 23.3 Å². The zero-order valence-electron chi connectivity index (χ0n) is 44.6. The topological polar surface area (TPSA) is 191 Å². The van der Waals surface area contributed by atoms with Crippen LogP contribution in [0.3, 0.4) is 0 Å². The van der Waals surface area contributed by atoms with Gasteiger partial charge in [-0.1, -0.05) is 85.6 Å². The van der Waals surface area contributed by atoms with Gasteiger partial charge in [0.2, 0.25) is 5.91 Å². The lowest BCUT2D eigenvalue weighted by Gasteiger charge is -2.39. The molecule has 5 aromatic carbocycles. The predicted molar refractivity (Wildman–Crippen MR) is 300 cm³/mol. The molecule has 4 atom stereocenters. The van der Waals surface area contributed by atoms with Gasteiger partial charge in [-0.15, -0.1) is 0 Å². The van der Waals surface area contributed by atoms with E-state index in [-0.39, 0.29) is 49.7 Å². The van der Waals surface area contributed by atoms with Crippen molar-refractivity contribution in [2.24, 2.45) is 0 Å². The molecule has 0 aliphatic carbocycles. The van der Waals surface area contributed by atoms with E-state index in [1.54, 1.807) is 14.2 Å². The van der Waals surface area contributed by atoms with E-state index in [9.17, 15) is 19.6 Å². The Labute approximate surface area is 450 Å². The molecule has 16 nitrogen and oxygen atoms in total. The number of rotatable bonds is 27. The van der Waals surface area contributed by atoms with Crippen LogP contribution in [0.25, 0.3) is 27.9 Å². The maximum absolute atomic E-state index is 14.0. The standard InChI is InChI=1S/C60H69N6O10P/c1-41(2)66(42(3)4)77(74-36-16-33-61)76-54-39-58(75-55(54)40-73-60(43-17-10-9-11-18-43,44-21-26-47(70-5)27-22-44)45-23-28-48(71-6)29-24-45)65-46(37-57(68)64-59(65)69)25-32-56(67)62-34-14-7-8-15-35-72-49-30-31-51-50-19-12-13-20-52(50)63-53(51)38-49/h9-13,17-32,37-38,41-42,54-55,58,63H,7-8,14-16,34-36,39-40H2,1-6H3,(H,62,67)(H,64,68,69)/b32-25+/t54-,55+,58+,77?/m0/s1. The highest BCUT2D eigenvalue weighted by Gasteiger charge is 2.45. The maximum Gasteiger partial charge on any atom is 0.330 e. The van der Waals surface area contributed by atoms with Gasteiger partial charge in [0.05, 0.1) is 63.8 Å². The number of benzene rings is 5. The summed E-state index contributed by atoms with van der Waals surface area (Å²) in [6.45, 7) is 9.32. The fourth-order valence-electron chi connectivity index (χ4n) is 9.88. The Bertz CT molecular complexity index is 3170. The van der Waals surface area contributed by atoms with Crippen LogP contribution in [0, 0.1) is 11.3 Å². The maximum atomic E-state index is 14.0. The molecule has 1 amide bonds. The summed E-state index contributed by atoms with van der Waals surface area (Å²) in [7, 11) is 1.44. The summed E-state index contributed by atoms with van der Waals surface area (Å²) in [6.07, 6.45) is 3.93. The van der Waals surface area contributed by atoms with Gasteiger partial charge in [-0.05, 0) is 106 Å². The van der Waals surface area contributed by atoms with E-state index in [2.05, 4.69) is 71.9 Å². The molecule has 1 fully saturated rings. The number of nitrogens with zero attached hydrogens (tertiary/aromatic N) is 3. The van der Waals surface area contributed by atoms with E-state index in [0.717, 1.165) is 59.2 Å². The smallest absolute Gasteiger partial charge is 0.330 e. The zero-order valence-corrected chi connectivity index (χ0v) is 45.5. The monoisotopic (exact) mass is 1060 g/mol. The van der Waals surface area contributed by atoms with Gasteiger partial charge in [0.15, 0.2) is 0 Å². The molecule has 17 heteroatoms. The fraction of sp³-hybridized carbons (Fsp3) is 0.367. The van der Waals surface area contributed by atoms with Crippen molar-refractivity contribution in [3.05, 3.63) is 177 Å². The molecule has 0 radical (unpaired) electrons. The predicted octanol–water partition coefficient (Wildman–Crippen LogP) is 10.9. The van der Waals surface area contributed by atoms with Crippen LogP contribution in [0.15, 0.2) is 143 Å². The van der Waals surface area contributed by atoms with E-state index < -0.39 is 43.8 Å². The van der Waals surface area contributed by atoms with Crippen molar-refractivity contribution in [1.29, 1.82) is 5.26 Å². The molecule has 1 aliphatic rings. The fourth-order valence-corrected chi connectivity index (χ4v) is 11.6. The van der Waals surface area contributed by atoms with Crippen molar-refractivity contribution in [3.63, 3.8) is 0 Å². The van der Waals surface area contributed by atoms with E-state index >= 15 is 0 Å². The quantitative estimate of drug-likeness (QED) is 0.0191. The van der Waals surface area contributed by atoms with E-state index in [0.29, 0.717) is 24.7 Å². The number of nitriles is 1. The number of fused-ring (bicyclic) bond motifs is 3. The Kier molecular flexibility index (Phi) is 19.5. The lowest BCUT2D eigenvalue weighted by atomic mass is 9.80. The Morgan fingerprint density at radius 2 is 1.43 bits per heavy atom. The van der Waals surface area contributed by atoms with Crippen LogP contribution in [0.2, 0.25) is 0 Å². The van der Waals surface area contributed by atoms with E-state index in [1.807, 2.05) is 103 Å². The van der Waals surface area contributed by atoms with Gasteiger partial charge in [-0.3, -0.25) is 19.1 Å². The molecular weight excluding hydrogens is 996 g/mol. The number of H-pyrrole nitrogens is 2. The number of aromatic amines is 2. The first kappa shape index (κ1) is 56.1. The highest BCUT2D eigenvalue weighted by atomic mass is 31.2. The molecule has 77 heavy (non-hydrogen) atoms. The molecule has 1 saturated heterocycles. The molecule has 404 valence electrons. The summed E-state index contributed by atoms with van der Waals surface area (Å²) in [5.74, 6) is 1.78. The molecule has 1 aliphatic heterocycles. The minimum atomic E-state index is -1.79. The third-order valence-corrected chi connectivity index (χ3v) is 15.7. The summed E-state index contributed by atoms with van der Waals surface area (Å²) in [6, 6.07) is 43.0. The molecular formula is C60H69N6O10P. The highest BCUT2D eigenvalue weighted by molar-refractivity contribution is 7.44. The number of para-hydroxylation sites is 1. The zero-order chi connectivity index (χ0) is 54.3. The molecule has 8 rings (SSSR count). The number of amides is 1. The van der Waals surface area contributed by atoms with Gasteiger partial charge >= 0.3 is 5.69 Å². The first-order valence-electron chi connectivity index (χ1n) is 26.3. The van der Waals surface area contributed by atoms with Crippen molar-refractivity contribution in [2.45, 2.75) is 102 Å². The number of carbonyl (C=O) groups excluding carboxylic acids is 1. The number of aromatic nitrogens is 3. The summed E-state index contributed by atoms with van der Waals surface area (Å²) in [5.41, 5.74) is 2.16. The van der Waals surface area contributed by atoms with Crippen LogP contribution in [0.1, 0.15) is 94.8 Å². The number of nitrogens with one attached hydrogen (secondary N) is 3. The lowest BCUT2D eigenvalue weighted by molar-refractivity contribution is -0.116. The molecule has 3 heterocycles. The van der Waals surface area contributed by atoms with Crippen molar-refractivity contribution in [1.82, 2.24) is 24.5 Å². The lowest BCUT2D eigenvalue weighted by Crippen LogP contribution is -2.39. The summed E-state index contributed by atoms with van der Waals surface area (Å²) < 4.78 is 48.3. The van der Waals surface area contributed by atoms with Gasteiger partial charge in [0, 0.05) is 59.5 Å². The van der Waals surface area contributed by atoms with Gasteiger partial charge in [0.25, 0.3) is 14.1 Å². The summed E-state index contributed by atoms with van der Waals surface area (Å²) >= 11 is 0. The first-order valence-corrected chi connectivity index (χ1v) is 27.4. The summed E-state index contributed by atoms with van der Waals surface area (Å²) in [5, 5.41) is 14.8. The summed E-state index contributed by atoms with van der Waals surface area (Å²) in [4.78, 5) is 46.0. The Morgan fingerprint density at radius 3 is 2.10 bits per heavy atom.